The summed E-state index contributed by atoms with van der Waals surface area (Å²) in [5.74, 6) is 0.955. The maximum atomic E-state index is 6.02. The molecular weight excluding hydrogens is 318 g/mol. The fourth-order valence-corrected chi connectivity index (χ4v) is 1.84. The maximum absolute atomic E-state index is 6.02. The van der Waals surface area contributed by atoms with Crippen molar-refractivity contribution >= 4 is 27.5 Å². The van der Waals surface area contributed by atoms with Crippen molar-refractivity contribution in [1.29, 1.82) is 0 Å². The second-order valence-electron chi connectivity index (χ2n) is 3.57. The number of benzene rings is 1. The smallest absolute Gasteiger partial charge is 0.238 e. The van der Waals surface area contributed by atoms with Crippen LogP contribution in [0.5, 0.6) is 11.6 Å². The Morgan fingerprint density at radius 3 is 2.78 bits per heavy atom. The predicted octanol–water partition coefficient (Wildman–Crippen LogP) is 3.40. The van der Waals surface area contributed by atoms with Crippen molar-refractivity contribution in [3.63, 3.8) is 0 Å². The maximum Gasteiger partial charge on any atom is 0.238 e. The molecule has 94 valence electrons. The molecule has 0 aliphatic carbocycles. The molecule has 6 heteroatoms. The standard InChI is InChI=1S/C12H11BrClN3O/c1-15-7-9-3-5-12(17-16-9)18-11-6-8(13)2-4-10(11)14/h2-6,15H,7H2,1H3. The van der Waals surface area contributed by atoms with E-state index in [9.17, 15) is 0 Å². The highest BCUT2D eigenvalue weighted by Gasteiger charge is 2.05. The molecule has 0 fully saturated rings. The number of hydrogen-bond acceptors (Lipinski definition) is 4. The molecule has 1 aromatic heterocycles. The molecule has 0 amide bonds. The van der Waals surface area contributed by atoms with Gasteiger partial charge in [0.25, 0.3) is 0 Å². The Balaban J connectivity index is 2.15. The second-order valence-corrected chi connectivity index (χ2v) is 4.89. The zero-order valence-electron chi connectivity index (χ0n) is 9.65. The van der Waals surface area contributed by atoms with Gasteiger partial charge in [0, 0.05) is 17.1 Å². The first-order chi connectivity index (χ1) is 8.69. The average molecular weight is 329 g/mol. The van der Waals surface area contributed by atoms with Gasteiger partial charge in [0.2, 0.25) is 5.88 Å². The van der Waals surface area contributed by atoms with Gasteiger partial charge in [-0.05, 0) is 31.3 Å². The van der Waals surface area contributed by atoms with E-state index >= 15 is 0 Å². The van der Waals surface area contributed by atoms with Crippen LogP contribution in [-0.4, -0.2) is 17.2 Å². The topological polar surface area (TPSA) is 47.0 Å². The third-order valence-electron chi connectivity index (χ3n) is 2.16. The number of aromatic nitrogens is 2. The van der Waals surface area contributed by atoms with Crippen LogP contribution in [0.25, 0.3) is 0 Å². The molecule has 0 spiro atoms. The lowest BCUT2D eigenvalue weighted by Gasteiger charge is -2.07. The molecule has 1 heterocycles. The van der Waals surface area contributed by atoms with Crippen molar-refractivity contribution in [2.75, 3.05) is 7.05 Å². The Kier molecular flexibility index (Phi) is 4.52. The summed E-state index contributed by atoms with van der Waals surface area (Å²) < 4.78 is 6.46. The molecule has 1 N–H and O–H groups in total. The monoisotopic (exact) mass is 327 g/mol. The van der Waals surface area contributed by atoms with Gasteiger partial charge in [-0.25, -0.2) is 0 Å². The molecule has 2 rings (SSSR count). The molecular formula is C12H11BrClN3O. The SMILES string of the molecule is CNCc1ccc(Oc2cc(Br)ccc2Cl)nn1. The van der Waals surface area contributed by atoms with Gasteiger partial charge in [0.15, 0.2) is 0 Å². The van der Waals surface area contributed by atoms with Crippen molar-refractivity contribution < 1.29 is 4.74 Å². The predicted molar refractivity (Wildman–Crippen MR) is 74.0 cm³/mol. The first-order valence-electron chi connectivity index (χ1n) is 5.29. The van der Waals surface area contributed by atoms with Gasteiger partial charge in [-0.15, -0.1) is 5.10 Å². The number of hydrogen-bond donors (Lipinski definition) is 1. The van der Waals surface area contributed by atoms with E-state index in [4.69, 9.17) is 16.3 Å². The van der Waals surface area contributed by atoms with E-state index in [1.54, 1.807) is 18.2 Å². The first-order valence-corrected chi connectivity index (χ1v) is 6.46. The van der Waals surface area contributed by atoms with E-state index < -0.39 is 0 Å². The van der Waals surface area contributed by atoms with Crippen LogP contribution in [0, 0.1) is 0 Å². The number of ether oxygens (including phenoxy) is 1. The third kappa shape index (κ3) is 3.41. The highest BCUT2D eigenvalue weighted by Crippen LogP contribution is 2.30. The average Bonchev–Trinajstić information content (AvgIpc) is 2.37. The normalized spacial score (nSPS) is 10.4. The van der Waals surface area contributed by atoms with E-state index in [0.717, 1.165) is 10.2 Å². The van der Waals surface area contributed by atoms with Crippen molar-refractivity contribution in [1.82, 2.24) is 15.5 Å². The molecule has 0 bridgehead atoms. The molecule has 0 aliphatic rings. The molecule has 18 heavy (non-hydrogen) atoms. The number of rotatable bonds is 4. The van der Waals surface area contributed by atoms with Gasteiger partial charge in [-0.2, -0.15) is 5.10 Å². The van der Waals surface area contributed by atoms with Crippen LogP contribution in [0.4, 0.5) is 0 Å². The Morgan fingerprint density at radius 2 is 2.11 bits per heavy atom. The molecule has 1 aromatic carbocycles. The molecule has 0 unspecified atom stereocenters. The molecule has 4 nitrogen and oxygen atoms in total. The van der Waals surface area contributed by atoms with Crippen LogP contribution >= 0.6 is 27.5 Å². The minimum atomic E-state index is 0.412. The lowest BCUT2D eigenvalue weighted by molar-refractivity contribution is 0.453. The van der Waals surface area contributed by atoms with Crippen molar-refractivity contribution in [2.45, 2.75) is 6.54 Å². The van der Waals surface area contributed by atoms with Crippen LogP contribution in [0.3, 0.4) is 0 Å². The fourth-order valence-electron chi connectivity index (χ4n) is 1.35. The van der Waals surface area contributed by atoms with Crippen LogP contribution in [0.15, 0.2) is 34.8 Å². The molecule has 0 saturated carbocycles. The summed E-state index contributed by atoms with van der Waals surface area (Å²) in [7, 11) is 1.85. The first kappa shape index (κ1) is 13.3. The van der Waals surface area contributed by atoms with Gasteiger partial charge < -0.3 is 10.1 Å². The van der Waals surface area contributed by atoms with Crippen LogP contribution < -0.4 is 10.1 Å². The molecule has 0 radical (unpaired) electrons. The van der Waals surface area contributed by atoms with E-state index in [-0.39, 0.29) is 0 Å². The van der Waals surface area contributed by atoms with Gasteiger partial charge in [0.05, 0.1) is 10.7 Å². The zero-order valence-corrected chi connectivity index (χ0v) is 12.0. The van der Waals surface area contributed by atoms with E-state index in [1.807, 2.05) is 19.2 Å². The largest absolute Gasteiger partial charge is 0.436 e. The zero-order chi connectivity index (χ0) is 13.0. The van der Waals surface area contributed by atoms with E-state index in [2.05, 4.69) is 31.4 Å². The van der Waals surface area contributed by atoms with Crippen molar-refractivity contribution in [3.8, 4) is 11.6 Å². The lowest BCUT2D eigenvalue weighted by Crippen LogP contribution is -2.07. The lowest BCUT2D eigenvalue weighted by atomic mass is 10.3. The van der Waals surface area contributed by atoms with Gasteiger partial charge >= 0.3 is 0 Å². The molecule has 2 aromatic rings. The minimum absolute atomic E-state index is 0.412. The second kappa shape index (κ2) is 6.13. The summed E-state index contributed by atoms with van der Waals surface area (Å²) >= 11 is 9.38. The summed E-state index contributed by atoms with van der Waals surface area (Å²) in [5.41, 5.74) is 0.852. The number of nitrogens with zero attached hydrogens (tertiary/aromatic N) is 2. The highest BCUT2D eigenvalue weighted by atomic mass is 79.9. The summed E-state index contributed by atoms with van der Waals surface area (Å²) in [4.78, 5) is 0. The Bertz CT molecular complexity index is 533. The molecule has 0 atom stereocenters. The third-order valence-corrected chi connectivity index (χ3v) is 2.97. The van der Waals surface area contributed by atoms with Gasteiger partial charge in [0.1, 0.15) is 5.75 Å². The van der Waals surface area contributed by atoms with Crippen molar-refractivity contribution in [2.24, 2.45) is 0 Å². The Labute approximate surface area is 118 Å². The van der Waals surface area contributed by atoms with Gasteiger partial charge in [-0.3, -0.25) is 0 Å². The Hall–Kier alpha value is -1.17. The molecule has 0 saturated heterocycles. The summed E-state index contributed by atoms with van der Waals surface area (Å²) in [6.07, 6.45) is 0. The quantitative estimate of drug-likeness (QED) is 0.934. The summed E-state index contributed by atoms with van der Waals surface area (Å²) in [6, 6.07) is 8.99. The van der Waals surface area contributed by atoms with Crippen LogP contribution in [0.1, 0.15) is 5.69 Å². The van der Waals surface area contributed by atoms with E-state index in [1.165, 1.54) is 0 Å². The Morgan fingerprint density at radius 1 is 1.28 bits per heavy atom. The van der Waals surface area contributed by atoms with Crippen LogP contribution in [-0.2, 0) is 6.54 Å². The molecule has 0 aliphatic heterocycles. The van der Waals surface area contributed by atoms with Crippen molar-refractivity contribution in [3.05, 3.63) is 45.5 Å². The van der Waals surface area contributed by atoms with Gasteiger partial charge in [-0.1, -0.05) is 27.5 Å². The summed E-state index contributed by atoms with van der Waals surface area (Å²) in [6.45, 7) is 0.672. The van der Waals surface area contributed by atoms with E-state index in [0.29, 0.717) is 23.2 Å². The highest BCUT2D eigenvalue weighted by molar-refractivity contribution is 9.10. The number of nitrogens with one attached hydrogen (secondary N) is 1. The minimum Gasteiger partial charge on any atom is -0.436 e. The fraction of sp³-hybridized carbons (Fsp3) is 0.167. The number of halogens is 2. The summed E-state index contributed by atoms with van der Waals surface area (Å²) in [5, 5.41) is 11.5. The van der Waals surface area contributed by atoms with Crippen LogP contribution in [0.2, 0.25) is 5.02 Å².